The van der Waals surface area contributed by atoms with Gasteiger partial charge in [-0.05, 0) is 49.8 Å². The summed E-state index contributed by atoms with van der Waals surface area (Å²) in [6.07, 6.45) is 2.19. The molecule has 0 radical (unpaired) electrons. The highest BCUT2D eigenvalue weighted by Gasteiger charge is 2.22. The van der Waals surface area contributed by atoms with Gasteiger partial charge in [0.1, 0.15) is 0 Å². The van der Waals surface area contributed by atoms with E-state index in [2.05, 4.69) is 36.6 Å². The highest BCUT2D eigenvalue weighted by molar-refractivity contribution is 7.98. The van der Waals surface area contributed by atoms with Crippen molar-refractivity contribution in [2.75, 3.05) is 12.3 Å². The first-order chi connectivity index (χ1) is 9.70. The Morgan fingerprint density at radius 1 is 1.38 bits per heavy atom. The zero-order valence-electron chi connectivity index (χ0n) is 12.7. The van der Waals surface area contributed by atoms with Crippen LogP contribution in [-0.4, -0.2) is 30.3 Å². The summed E-state index contributed by atoms with van der Waals surface area (Å²) in [5.41, 5.74) is 2.04. The van der Waals surface area contributed by atoms with Crippen LogP contribution in [-0.2, 0) is 5.75 Å². The van der Waals surface area contributed by atoms with Crippen molar-refractivity contribution >= 4 is 30.1 Å². The number of hydrogen-bond donors (Lipinski definition) is 2. The van der Waals surface area contributed by atoms with Gasteiger partial charge in [0.2, 0.25) is 0 Å². The molecule has 0 bridgehead atoms. The summed E-state index contributed by atoms with van der Waals surface area (Å²) in [6, 6.07) is 8.57. The molecule has 0 saturated carbocycles. The van der Waals surface area contributed by atoms with Gasteiger partial charge in [-0.15, -0.1) is 12.4 Å². The molecule has 1 amide bonds. The van der Waals surface area contributed by atoms with Gasteiger partial charge in [-0.3, -0.25) is 4.79 Å². The first kappa shape index (κ1) is 18.3. The zero-order valence-corrected chi connectivity index (χ0v) is 14.4. The van der Waals surface area contributed by atoms with E-state index in [1.165, 1.54) is 5.56 Å². The van der Waals surface area contributed by atoms with E-state index in [0.717, 1.165) is 36.5 Å². The number of carbonyl (C=O) groups excluding carboxylic acids is 1. The Hall–Kier alpha value is -0.710. The van der Waals surface area contributed by atoms with Crippen LogP contribution >= 0.6 is 24.2 Å². The molecular formula is C16H25ClN2OS. The van der Waals surface area contributed by atoms with Gasteiger partial charge in [0.25, 0.3) is 5.91 Å². The summed E-state index contributed by atoms with van der Waals surface area (Å²) < 4.78 is 0. The van der Waals surface area contributed by atoms with Gasteiger partial charge >= 0.3 is 0 Å². The number of hydrogen-bond acceptors (Lipinski definition) is 3. The Morgan fingerprint density at radius 2 is 2.10 bits per heavy atom. The molecular weight excluding hydrogens is 304 g/mol. The van der Waals surface area contributed by atoms with Crippen molar-refractivity contribution in [1.29, 1.82) is 0 Å². The molecule has 1 heterocycles. The minimum atomic E-state index is 0. The van der Waals surface area contributed by atoms with Crippen LogP contribution in [0.2, 0.25) is 0 Å². The highest BCUT2D eigenvalue weighted by atomic mass is 35.5. The quantitative estimate of drug-likeness (QED) is 0.872. The van der Waals surface area contributed by atoms with Crippen molar-refractivity contribution in [2.45, 2.75) is 44.5 Å². The Bertz CT molecular complexity index is 438. The molecule has 118 valence electrons. The van der Waals surface area contributed by atoms with E-state index in [1.807, 2.05) is 23.9 Å². The van der Waals surface area contributed by atoms with Crippen molar-refractivity contribution in [2.24, 2.45) is 0 Å². The molecule has 3 nitrogen and oxygen atoms in total. The molecule has 0 aromatic heterocycles. The second-order valence-electron chi connectivity index (χ2n) is 5.30. The average Bonchev–Trinajstić information content (AvgIpc) is 2.48. The Labute approximate surface area is 138 Å². The molecule has 1 aromatic carbocycles. The molecule has 5 heteroatoms. The van der Waals surface area contributed by atoms with Crippen molar-refractivity contribution < 1.29 is 4.79 Å². The lowest BCUT2D eigenvalue weighted by Crippen LogP contribution is -2.51. The third-order valence-corrected chi connectivity index (χ3v) is 4.71. The largest absolute Gasteiger partial charge is 0.348 e. The average molecular weight is 329 g/mol. The van der Waals surface area contributed by atoms with Crippen LogP contribution in [0, 0.1) is 0 Å². The van der Waals surface area contributed by atoms with Crippen LogP contribution in [0.4, 0.5) is 0 Å². The van der Waals surface area contributed by atoms with E-state index in [-0.39, 0.29) is 24.4 Å². The lowest BCUT2D eigenvalue weighted by molar-refractivity contribution is 0.0920. The zero-order chi connectivity index (χ0) is 14.4. The summed E-state index contributed by atoms with van der Waals surface area (Å²) in [5, 5.41) is 6.54. The molecule has 0 aliphatic carbocycles. The van der Waals surface area contributed by atoms with E-state index in [9.17, 15) is 4.79 Å². The summed E-state index contributed by atoms with van der Waals surface area (Å²) in [6.45, 7) is 5.35. The van der Waals surface area contributed by atoms with Crippen LogP contribution in [0.25, 0.3) is 0 Å². The smallest absolute Gasteiger partial charge is 0.251 e. The number of thioether (sulfide) groups is 1. The maximum absolute atomic E-state index is 12.2. The number of halogens is 1. The standard InChI is InChI=1S/C16H24N2OS.ClH/c1-3-20-11-13-6-8-14(9-7-13)16(19)18-15-5-4-10-17-12(15)2;/h6-9,12,15,17H,3-5,10-11H2,1-2H3,(H,18,19);1H. The fourth-order valence-electron chi connectivity index (χ4n) is 2.47. The predicted octanol–water partition coefficient (Wildman–Crippen LogP) is 3.23. The number of amides is 1. The minimum absolute atomic E-state index is 0. The normalized spacial score (nSPS) is 21.4. The second-order valence-corrected chi connectivity index (χ2v) is 6.57. The van der Waals surface area contributed by atoms with Gasteiger partial charge in [0, 0.05) is 23.4 Å². The first-order valence-electron chi connectivity index (χ1n) is 7.41. The van der Waals surface area contributed by atoms with E-state index in [0.29, 0.717) is 6.04 Å². The molecule has 1 aliphatic rings. The molecule has 2 rings (SSSR count). The van der Waals surface area contributed by atoms with Crippen LogP contribution in [0.15, 0.2) is 24.3 Å². The van der Waals surface area contributed by atoms with E-state index in [4.69, 9.17) is 0 Å². The maximum Gasteiger partial charge on any atom is 0.251 e. The molecule has 2 unspecified atom stereocenters. The van der Waals surface area contributed by atoms with Crippen LogP contribution < -0.4 is 10.6 Å². The van der Waals surface area contributed by atoms with E-state index < -0.39 is 0 Å². The predicted molar refractivity (Wildman–Crippen MR) is 93.5 cm³/mol. The highest BCUT2D eigenvalue weighted by Crippen LogP contribution is 2.14. The Kier molecular flexibility index (Phi) is 8.15. The first-order valence-corrected chi connectivity index (χ1v) is 8.57. The SMILES string of the molecule is CCSCc1ccc(C(=O)NC2CCCNC2C)cc1.Cl. The molecule has 1 aliphatic heterocycles. The van der Waals surface area contributed by atoms with Crippen molar-refractivity contribution in [3.63, 3.8) is 0 Å². The molecule has 1 saturated heterocycles. The number of piperidine rings is 1. The van der Waals surface area contributed by atoms with E-state index in [1.54, 1.807) is 0 Å². The number of rotatable bonds is 5. The van der Waals surface area contributed by atoms with Gasteiger partial charge in [-0.1, -0.05) is 19.1 Å². The van der Waals surface area contributed by atoms with Crippen LogP contribution in [0.3, 0.4) is 0 Å². The van der Waals surface area contributed by atoms with Gasteiger partial charge in [0.05, 0.1) is 0 Å². The Morgan fingerprint density at radius 3 is 2.71 bits per heavy atom. The van der Waals surface area contributed by atoms with Crippen molar-refractivity contribution in [3.05, 3.63) is 35.4 Å². The monoisotopic (exact) mass is 328 g/mol. The van der Waals surface area contributed by atoms with Gasteiger partial charge in [-0.2, -0.15) is 11.8 Å². The van der Waals surface area contributed by atoms with E-state index >= 15 is 0 Å². The number of nitrogens with one attached hydrogen (secondary N) is 2. The number of carbonyl (C=O) groups is 1. The molecule has 1 aromatic rings. The lowest BCUT2D eigenvalue weighted by atomic mass is 9.99. The summed E-state index contributed by atoms with van der Waals surface area (Å²) in [7, 11) is 0. The molecule has 2 atom stereocenters. The second kappa shape index (κ2) is 9.34. The minimum Gasteiger partial charge on any atom is -0.348 e. The fraction of sp³-hybridized carbons (Fsp3) is 0.562. The summed E-state index contributed by atoms with van der Waals surface area (Å²) >= 11 is 1.90. The third kappa shape index (κ3) is 5.53. The maximum atomic E-state index is 12.2. The van der Waals surface area contributed by atoms with Crippen molar-refractivity contribution in [3.8, 4) is 0 Å². The summed E-state index contributed by atoms with van der Waals surface area (Å²) in [5.74, 6) is 2.18. The lowest BCUT2D eigenvalue weighted by Gasteiger charge is -2.30. The summed E-state index contributed by atoms with van der Waals surface area (Å²) in [4.78, 5) is 12.2. The number of benzene rings is 1. The Balaban J connectivity index is 0.00000220. The van der Waals surface area contributed by atoms with Crippen molar-refractivity contribution in [1.82, 2.24) is 10.6 Å². The van der Waals surface area contributed by atoms with Gasteiger partial charge in [0.15, 0.2) is 0 Å². The van der Waals surface area contributed by atoms with Gasteiger partial charge in [-0.25, -0.2) is 0 Å². The molecule has 0 spiro atoms. The third-order valence-electron chi connectivity index (χ3n) is 3.77. The topological polar surface area (TPSA) is 41.1 Å². The molecule has 2 N–H and O–H groups in total. The van der Waals surface area contributed by atoms with Crippen LogP contribution in [0.5, 0.6) is 0 Å². The van der Waals surface area contributed by atoms with Crippen LogP contribution in [0.1, 0.15) is 42.6 Å². The molecule has 21 heavy (non-hydrogen) atoms. The fourth-order valence-corrected chi connectivity index (χ4v) is 3.10. The molecule has 1 fully saturated rings. The van der Waals surface area contributed by atoms with Gasteiger partial charge < -0.3 is 10.6 Å².